The number of benzene rings is 1. The second-order valence-corrected chi connectivity index (χ2v) is 7.76. The zero-order valence-corrected chi connectivity index (χ0v) is 12.3. The summed E-state index contributed by atoms with van der Waals surface area (Å²) in [7, 11) is 0. The molecule has 0 aromatic heterocycles. The Balaban J connectivity index is 1.87. The first-order valence-corrected chi connectivity index (χ1v) is 7.59. The van der Waals surface area contributed by atoms with Crippen LogP contribution in [0.5, 0.6) is 5.75 Å². The normalized spacial score (nSPS) is 17.6. The molecule has 0 spiro atoms. The Kier molecular flexibility index (Phi) is 4.23. The number of rotatable bonds is 5. The minimum Gasteiger partial charge on any atom is -0.490 e. The number of thioether (sulfide) groups is 1. The van der Waals surface area contributed by atoms with E-state index in [1.165, 1.54) is 18.4 Å². The molecule has 1 aliphatic rings. The minimum absolute atomic E-state index is 0.101. The molecule has 0 amide bonds. The van der Waals surface area contributed by atoms with Gasteiger partial charge in [-0.15, -0.1) is 0 Å². The predicted octanol–water partition coefficient (Wildman–Crippen LogP) is 3.76. The molecule has 2 rings (SSSR count). The smallest absolute Gasteiger partial charge is 0.119 e. The van der Waals surface area contributed by atoms with Crippen LogP contribution in [0.15, 0.2) is 24.3 Å². The molecule has 1 atom stereocenters. The highest BCUT2D eigenvalue weighted by atomic mass is 32.2. The summed E-state index contributed by atoms with van der Waals surface area (Å²) in [4.78, 5) is 0. The van der Waals surface area contributed by atoms with Gasteiger partial charge in [-0.05, 0) is 30.5 Å². The molecule has 1 aromatic carbocycles. The van der Waals surface area contributed by atoms with Crippen LogP contribution < -0.4 is 10.5 Å². The van der Waals surface area contributed by atoms with Crippen LogP contribution in [0.4, 0.5) is 0 Å². The molecule has 0 aliphatic heterocycles. The van der Waals surface area contributed by atoms with Gasteiger partial charge in [0.05, 0.1) is 6.10 Å². The molecule has 2 nitrogen and oxygen atoms in total. The molecule has 0 saturated heterocycles. The molecule has 1 fully saturated rings. The second-order valence-electron chi connectivity index (χ2n) is 5.92. The largest absolute Gasteiger partial charge is 0.490 e. The molecule has 3 heteroatoms. The van der Waals surface area contributed by atoms with Crippen molar-refractivity contribution >= 4 is 11.8 Å². The highest BCUT2D eigenvalue weighted by Gasteiger charge is 2.23. The van der Waals surface area contributed by atoms with Gasteiger partial charge in [0, 0.05) is 16.5 Å². The summed E-state index contributed by atoms with van der Waals surface area (Å²) in [5.74, 6) is 1.92. The van der Waals surface area contributed by atoms with Gasteiger partial charge in [0.25, 0.3) is 0 Å². The molecule has 1 aliphatic carbocycles. The van der Waals surface area contributed by atoms with E-state index < -0.39 is 0 Å². The lowest BCUT2D eigenvalue weighted by atomic mass is 10.1. The quantitative estimate of drug-likeness (QED) is 0.880. The topological polar surface area (TPSA) is 35.2 Å². The SMILES string of the molecule is CC(C)(C)SCC(N)c1ccc(OC2CC2)cc1. The van der Waals surface area contributed by atoms with Crippen LogP contribution in [0, 0.1) is 0 Å². The monoisotopic (exact) mass is 265 g/mol. The Morgan fingerprint density at radius 1 is 1.28 bits per heavy atom. The van der Waals surface area contributed by atoms with Gasteiger partial charge < -0.3 is 10.5 Å². The van der Waals surface area contributed by atoms with Gasteiger partial charge in [0.1, 0.15) is 5.75 Å². The summed E-state index contributed by atoms with van der Waals surface area (Å²) in [5, 5.41) is 0. The van der Waals surface area contributed by atoms with Crippen LogP contribution in [0.2, 0.25) is 0 Å². The Morgan fingerprint density at radius 3 is 2.39 bits per heavy atom. The first-order chi connectivity index (χ1) is 8.44. The minimum atomic E-state index is 0.101. The van der Waals surface area contributed by atoms with Crippen molar-refractivity contribution in [2.24, 2.45) is 5.73 Å². The van der Waals surface area contributed by atoms with E-state index in [0.717, 1.165) is 11.5 Å². The van der Waals surface area contributed by atoms with Crippen molar-refractivity contribution in [3.8, 4) is 5.75 Å². The third-order valence-corrected chi connectivity index (χ3v) is 4.22. The van der Waals surface area contributed by atoms with Crippen molar-refractivity contribution in [2.45, 2.75) is 50.5 Å². The van der Waals surface area contributed by atoms with Crippen molar-refractivity contribution in [1.29, 1.82) is 0 Å². The number of hydrogen-bond donors (Lipinski definition) is 1. The van der Waals surface area contributed by atoms with Gasteiger partial charge in [0.15, 0.2) is 0 Å². The van der Waals surface area contributed by atoms with Gasteiger partial charge in [-0.3, -0.25) is 0 Å². The Morgan fingerprint density at radius 2 is 1.89 bits per heavy atom. The summed E-state index contributed by atoms with van der Waals surface area (Å²) < 4.78 is 6.00. The lowest BCUT2D eigenvalue weighted by Gasteiger charge is -2.21. The Bertz CT molecular complexity index is 378. The zero-order chi connectivity index (χ0) is 13.2. The van der Waals surface area contributed by atoms with Crippen LogP contribution in [-0.4, -0.2) is 16.6 Å². The van der Waals surface area contributed by atoms with Crippen LogP contribution in [0.3, 0.4) is 0 Å². The molecular weight excluding hydrogens is 242 g/mol. The summed E-state index contributed by atoms with van der Waals surface area (Å²) in [6.07, 6.45) is 2.86. The molecular formula is C15H23NOS. The van der Waals surface area contributed by atoms with Crippen LogP contribution in [0.25, 0.3) is 0 Å². The molecule has 2 N–H and O–H groups in total. The summed E-state index contributed by atoms with van der Waals surface area (Å²) in [5.41, 5.74) is 7.39. The van der Waals surface area contributed by atoms with Gasteiger partial charge in [0.2, 0.25) is 0 Å². The molecule has 0 bridgehead atoms. The summed E-state index contributed by atoms with van der Waals surface area (Å²) >= 11 is 1.91. The van der Waals surface area contributed by atoms with Crippen molar-refractivity contribution in [2.75, 3.05) is 5.75 Å². The van der Waals surface area contributed by atoms with E-state index in [4.69, 9.17) is 10.5 Å². The molecule has 18 heavy (non-hydrogen) atoms. The highest BCUT2D eigenvalue weighted by Crippen LogP contribution is 2.29. The predicted molar refractivity (Wildman–Crippen MR) is 79.2 cm³/mol. The van der Waals surface area contributed by atoms with Crippen molar-refractivity contribution in [3.63, 3.8) is 0 Å². The zero-order valence-electron chi connectivity index (χ0n) is 11.5. The van der Waals surface area contributed by atoms with E-state index >= 15 is 0 Å². The maximum Gasteiger partial charge on any atom is 0.119 e. The Labute approximate surface area is 114 Å². The number of hydrogen-bond acceptors (Lipinski definition) is 3. The van der Waals surface area contributed by atoms with Crippen LogP contribution in [0.1, 0.15) is 45.2 Å². The fourth-order valence-electron chi connectivity index (χ4n) is 1.61. The molecule has 1 aromatic rings. The second kappa shape index (κ2) is 5.54. The first-order valence-electron chi connectivity index (χ1n) is 6.60. The fraction of sp³-hybridized carbons (Fsp3) is 0.600. The molecule has 1 saturated carbocycles. The lowest BCUT2D eigenvalue weighted by Crippen LogP contribution is -2.18. The van der Waals surface area contributed by atoms with E-state index in [1.54, 1.807) is 0 Å². The van der Waals surface area contributed by atoms with Gasteiger partial charge in [-0.2, -0.15) is 11.8 Å². The average molecular weight is 265 g/mol. The highest BCUT2D eigenvalue weighted by molar-refractivity contribution is 8.00. The molecule has 100 valence electrons. The number of nitrogens with two attached hydrogens (primary N) is 1. The van der Waals surface area contributed by atoms with E-state index in [-0.39, 0.29) is 10.8 Å². The average Bonchev–Trinajstić information content (AvgIpc) is 3.10. The van der Waals surface area contributed by atoms with Gasteiger partial charge in [-0.25, -0.2) is 0 Å². The lowest BCUT2D eigenvalue weighted by molar-refractivity contribution is 0.303. The summed E-state index contributed by atoms with van der Waals surface area (Å²) in [6.45, 7) is 6.66. The fourth-order valence-corrected chi connectivity index (χ4v) is 2.48. The van der Waals surface area contributed by atoms with E-state index in [0.29, 0.717) is 6.10 Å². The third kappa shape index (κ3) is 4.54. The van der Waals surface area contributed by atoms with Gasteiger partial charge in [-0.1, -0.05) is 32.9 Å². The maximum atomic E-state index is 6.20. The van der Waals surface area contributed by atoms with E-state index in [9.17, 15) is 0 Å². The van der Waals surface area contributed by atoms with Gasteiger partial charge >= 0.3 is 0 Å². The molecule has 0 heterocycles. The van der Waals surface area contributed by atoms with Crippen molar-refractivity contribution in [3.05, 3.63) is 29.8 Å². The molecule has 0 radical (unpaired) electrons. The van der Waals surface area contributed by atoms with Crippen LogP contribution in [-0.2, 0) is 0 Å². The molecule has 1 unspecified atom stereocenters. The summed E-state index contributed by atoms with van der Waals surface area (Å²) in [6, 6.07) is 8.35. The van der Waals surface area contributed by atoms with E-state index in [1.807, 2.05) is 23.9 Å². The number of ether oxygens (including phenoxy) is 1. The first kappa shape index (κ1) is 13.8. The Hall–Kier alpha value is -0.670. The van der Waals surface area contributed by atoms with Crippen LogP contribution >= 0.6 is 11.8 Å². The third-order valence-electron chi connectivity index (χ3n) is 2.83. The van der Waals surface area contributed by atoms with E-state index in [2.05, 4.69) is 32.9 Å². The van der Waals surface area contributed by atoms with Crippen molar-refractivity contribution in [1.82, 2.24) is 0 Å². The standard InChI is InChI=1S/C15H23NOS/c1-15(2,3)18-10-14(16)11-4-6-12(7-5-11)17-13-8-9-13/h4-7,13-14H,8-10,16H2,1-3H3. The maximum absolute atomic E-state index is 6.20. The van der Waals surface area contributed by atoms with Crippen molar-refractivity contribution < 1.29 is 4.74 Å².